The Kier molecular flexibility index (Phi) is 6.21. The number of furan rings is 1. The molecule has 1 saturated heterocycles. The van der Waals surface area contributed by atoms with E-state index in [1.54, 1.807) is 24.4 Å². The van der Waals surface area contributed by atoms with Crippen molar-refractivity contribution in [1.29, 1.82) is 0 Å². The lowest BCUT2D eigenvalue weighted by atomic mass is 9.99. The molecule has 1 aliphatic rings. The number of methoxy groups -OCH3 is 1. The van der Waals surface area contributed by atoms with E-state index in [4.69, 9.17) is 4.42 Å². The van der Waals surface area contributed by atoms with E-state index >= 15 is 0 Å². The molecular weight excluding hydrogens is 404 g/mol. The minimum Gasteiger partial charge on any atom is -0.465 e. The Balaban J connectivity index is 1.61. The van der Waals surface area contributed by atoms with Gasteiger partial charge in [0.25, 0.3) is 10.0 Å². The number of thiophene rings is 1. The van der Waals surface area contributed by atoms with Crippen LogP contribution in [0.5, 0.6) is 0 Å². The summed E-state index contributed by atoms with van der Waals surface area (Å²) in [5.74, 6) is -0.313. The molecule has 8 nitrogen and oxygen atoms in total. The van der Waals surface area contributed by atoms with Crippen LogP contribution in [0, 0.1) is 12.8 Å². The highest BCUT2D eigenvalue weighted by Crippen LogP contribution is 2.26. The summed E-state index contributed by atoms with van der Waals surface area (Å²) >= 11 is 1.17. The molecule has 0 aromatic carbocycles. The predicted molar refractivity (Wildman–Crippen MR) is 102 cm³/mol. The van der Waals surface area contributed by atoms with Crippen molar-refractivity contribution in [3.8, 4) is 0 Å². The highest BCUT2D eigenvalue weighted by atomic mass is 32.2. The summed E-state index contributed by atoms with van der Waals surface area (Å²) in [4.78, 5) is 24.2. The van der Waals surface area contributed by atoms with Gasteiger partial charge in [-0.1, -0.05) is 6.07 Å². The van der Waals surface area contributed by atoms with Crippen LogP contribution in [0.1, 0.15) is 34.7 Å². The van der Waals surface area contributed by atoms with Gasteiger partial charge in [-0.2, -0.15) is 4.31 Å². The predicted octanol–water partition coefficient (Wildman–Crippen LogP) is 2.15. The largest absolute Gasteiger partial charge is 0.465 e. The Morgan fingerprint density at radius 3 is 2.89 bits per heavy atom. The van der Waals surface area contributed by atoms with Gasteiger partial charge in [-0.15, -0.1) is 11.3 Å². The smallest absolute Gasteiger partial charge is 0.341 e. The molecule has 10 heteroatoms. The molecule has 0 radical (unpaired) electrons. The van der Waals surface area contributed by atoms with Gasteiger partial charge < -0.3 is 14.5 Å². The fourth-order valence-corrected chi connectivity index (χ4v) is 5.84. The molecule has 2 aromatic heterocycles. The van der Waals surface area contributed by atoms with Crippen LogP contribution in [0.4, 0.5) is 0 Å². The molecule has 1 N–H and O–H groups in total. The number of aryl methyl sites for hydroxylation is 1. The van der Waals surface area contributed by atoms with Crippen LogP contribution in [-0.2, 0) is 26.1 Å². The Morgan fingerprint density at radius 2 is 2.21 bits per heavy atom. The number of esters is 1. The van der Waals surface area contributed by atoms with E-state index in [0.717, 1.165) is 0 Å². The van der Waals surface area contributed by atoms with E-state index in [2.05, 4.69) is 10.1 Å². The highest BCUT2D eigenvalue weighted by molar-refractivity contribution is 7.91. The molecule has 1 unspecified atom stereocenters. The van der Waals surface area contributed by atoms with E-state index in [0.29, 0.717) is 36.5 Å². The fraction of sp³-hybridized carbons (Fsp3) is 0.444. The summed E-state index contributed by atoms with van der Waals surface area (Å²) in [5, 5.41) is 4.49. The third-order valence-electron chi connectivity index (χ3n) is 4.66. The number of nitrogens with zero attached hydrogens (tertiary/aromatic N) is 1. The molecule has 0 spiro atoms. The van der Waals surface area contributed by atoms with E-state index in [1.807, 2.05) is 0 Å². The first kappa shape index (κ1) is 20.6. The lowest BCUT2D eigenvalue weighted by Crippen LogP contribution is -2.45. The topological polar surface area (TPSA) is 106 Å². The third kappa shape index (κ3) is 4.29. The van der Waals surface area contributed by atoms with Gasteiger partial charge in [0.05, 0.1) is 19.6 Å². The Bertz CT molecular complexity index is 949. The van der Waals surface area contributed by atoms with E-state index in [9.17, 15) is 18.0 Å². The minimum absolute atomic E-state index is 0.116. The number of carbonyl (C=O) groups excluding carboxylic acids is 2. The first-order chi connectivity index (χ1) is 13.3. The van der Waals surface area contributed by atoms with Gasteiger partial charge >= 0.3 is 5.97 Å². The maximum Gasteiger partial charge on any atom is 0.341 e. The number of ether oxygens (including phenoxy) is 1. The molecule has 1 aliphatic heterocycles. The van der Waals surface area contributed by atoms with Gasteiger partial charge in [0.2, 0.25) is 5.91 Å². The molecule has 28 heavy (non-hydrogen) atoms. The van der Waals surface area contributed by atoms with Crippen molar-refractivity contribution in [2.45, 2.75) is 30.5 Å². The first-order valence-electron chi connectivity index (χ1n) is 8.82. The average molecular weight is 427 g/mol. The van der Waals surface area contributed by atoms with Crippen molar-refractivity contribution in [3.05, 3.63) is 40.7 Å². The summed E-state index contributed by atoms with van der Waals surface area (Å²) in [6, 6.07) is 4.80. The number of nitrogens with one attached hydrogen (secondary N) is 1. The van der Waals surface area contributed by atoms with E-state index < -0.39 is 21.9 Å². The van der Waals surface area contributed by atoms with Crippen molar-refractivity contribution < 1.29 is 27.2 Å². The molecule has 1 fully saturated rings. The van der Waals surface area contributed by atoms with Crippen molar-refractivity contribution in [3.63, 3.8) is 0 Å². The lowest BCUT2D eigenvalue weighted by Gasteiger charge is -2.30. The van der Waals surface area contributed by atoms with Crippen molar-refractivity contribution >= 4 is 33.2 Å². The quantitative estimate of drug-likeness (QED) is 0.710. The lowest BCUT2D eigenvalue weighted by molar-refractivity contribution is -0.126. The highest BCUT2D eigenvalue weighted by Gasteiger charge is 2.33. The van der Waals surface area contributed by atoms with Crippen LogP contribution < -0.4 is 5.32 Å². The van der Waals surface area contributed by atoms with Crippen LogP contribution in [-0.4, -0.2) is 44.8 Å². The zero-order valence-electron chi connectivity index (χ0n) is 15.6. The third-order valence-corrected chi connectivity index (χ3v) is 7.89. The van der Waals surface area contributed by atoms with Crippen molar-refractivity contribution in [1.82, 2.24) is 9.62 Å². The van der Waals surface area contributed by atoms with Crippen LogP contribution in [0.15, 0.2) is 32.2 Å². The molecule has 0 aliphatic carbocycles. The van der Waals surface area contributed by atoms with E-state index in [-0.39, 0.29) is 23.2 Å². The Hall–Kier alpha value is -2.17. The van der Waals surface area contributed by atoms with Crippen LogP contribution in [0.2, 0.25) is 0 Å². The molecule has 152 valence electrons. The fourth-order valence-electron chi connectivity index (χ4n) is 3.17. The van der Waals surface area contributed by atoms with Crippen molar-refractivity contribution in [2.75, 3.05) is 20.2 Å². The van der Waals surface area contributed by atoms with Crippen LogP contribution >= 0.6 is 11.3 Å². The van der Waals surface area contributed by atoms with Gasteiger partial charge in [-0.05, 0) is 37.3 Å². The summed E-state index contributed by atoms with van der Waals surface area (Å²) in [7, 11) is -2.28. The maximum absolute atomic E-state index is 12.7. The number of carbonyl (C=O) groups is 2. The van der Waals surface area contributed by atoms with Crippen LogP contribution in [0.25, 0.3) is 0 Å². The molecule has 1 amide bonds. The molecule has 0 bridgehead atoms. The maximum atomic E-state index is 12.7. The molecule has 0 saturated carbocycles. The van der Waals surface area contributed by atoms with Crippen molar-refractivity contribution in [2.24, 2.45) is 5.92 Å². The summed E-state index contributed by atoms with van der Waals surface area (Å²) in [5.41, 5.74) is 0.317. The van der Waals surface area contributed by atoms with Gasteiger partial charge in [0, 0.05) is 13.1 Å². The van der Waals surface area contributed by atoms with E-state index in [1.165, 1.54) is 28.8 Å². The normalized spacial score (nSPS) is 18.0. The second kappa shape index (κ2) is 8.46. The number of piperidine rings is 1. The Labute approximate surface area is 167 Å². The van der Waals surface area contributed by atoms with Gasteiger partial charge in [-0.25, -0.2) is 13.2 Å². The monoisotopic (exact) mass is 426 g/mol. The molecule has 2 aromatic rings. The minimum atomic E-state index is -3.57. The number of amides is 1. The molecular formula is C18H22N2O6S2. The average Bonchev–Trinajstić information content (AvgIpc) is 3.36. The number of hydrogen-bond acceptors (Lipinski definition) is 7. The van der Waals surface area contributed by atoms with Gasteiger partial charge in [-0.3, -0.25) is 4.79 Å². The molecule has 1 atom stereocenters. The first-order valence-corrected chi connectivity index (χ1v) is 11.1. The summed E-state index contributed by atoms with van der Waals surface area (Å²) < 4.78 is 37.2. The number of rotatable bonds is 6. The number of sulfonamides is 1. The van der Waals surface area contributed by atoms with Crippen LogP contribution in [0.3, 0.4) is 0 Å². The summed E-state index contributed by atoms with van der Waals surface area (Å²) in [6.45, 7) is 2.32. The zero-order valence-corrected chi connectivity index (χ0v) is 17.3. The second-order valence-corrected chi connectivity index (χ2v) is 9.64. The molecule has 3 rings (SSSR count). The Morgan fingerprint density at radius 1 is 1.43 bits per heavy atom. The number of hydrogen-bond donors (Lipinski definition) is 1. The zero-order chi connectivity index (χ0) is 20.3. The summed E-state index contributed by atoms with van der Waals surface area (Å²) in [6.07, 6.45) is 1.24. The standard InChI is InChI=1S/C18H22N2O6S2/c1-12-15(18(22)25-2)9-14(26-12)10-19-17(21)13-5-3-7-20(11-13)28(23,24)16-6-4-8-27-16/h4,6,8-9,13H,3,5,7,10-11H2,1-2H3,(H,19,21). The van der Waals surface area contributed by atoms with Gasteiger partial charge in [0.15, 0.2) is 0 Å². The molecule has 3 heterocycles. The second-order valence-electron chi connectivity index (χ2n) is 6.53. The van der Waals surface area contributed by atoms with Gasteiger partial charge in [0.1, 0.15) is 21.3 Å². The SMILES string of the molecule is COC(=O)c1cc(CNC(=O)C2CCCN(S(=O)(=O)c3cccs3)C2)oc1C.